The summed E-state index contributed by atoms with van der Waals surface area (Å²) >= 11 is 7.68. The molecule has 0 radical (unpaired) electrons. The van der Waals surface area contributed by atoms with Crippen LogP contribution < -0.4 is 0 Å². The number of aryl methyl sites for hydroxylation is 1. The molecule has 0 bridgehead atoms. The summed E-state index contributed by atoms with van der Waals surface area (Å²) in [5, 5.41) is 1.64. The van der Waals surface area contributed by atoms with Crippen molar-refractivity contribution >= 4 is 38.4 Å². The molecular weight excluding hydrogens is 400 g/mol. The van der Waals surface area contributed by atoms with Crippen LogP contribution in [-0.2, 0) is 22.1 Å². The first-order valence-corrected chi connectivity index (χ1v) is 12.1. The molecule has 4 rings (SSSR count). The Labute approximate surface area is 169 Å². The quantitative estimate of drug-likeness (QED) is 0.752. The third-order valence-corrected chi connectivity index (χ3v) is 8.00. The number of nitrogens with zero attached hydrogens (tertiary/aromatic N) is 2. The first-order valence-electron chi connectivity index (χ1n) is 8.87. The SMILES string of the molecule is Cc1ccc(CSC2=NC3CS(=O)(=O)CC3N2Cc2ccc(Cl)cc2)cc1. The van der Waals surface area contributed by atoms with Crippen LogP contribution in [0.4, 0.5) is 0 Å². The van der Waals surface area contributed by atoms with Gasteiger partial charge in [-0.3, -0.25) is 4.99 Å². The van der Waals surface area contributed by atoms with Gasteiger partial charge in [0.15, 0.2) is 15.0 Å². The highest BCUT2D eigenvalue weighted by atomic mass is 35.5. The first-order chi connectivity index (χ1) is 12.9. The second kappa shape index (κ2) is 7.49. The van der Waals surface area contributed by atoms with Gasteiger partial charge in [0, 0.05) is 17.3 Å². The Morgan fingerprint density at radius 2 is 1.74 bits per heavy atom. The molecule has 4 nitrogen and oxygen atoms in total. The largest absolute Gasteiger partial charge is 0.341 e. The summed E-state index contributed by atoms with van der Waals surface area (Å²) in [7, 11) is -3.01. The summed E-state index contributed by atoms with van der Waals surface area (Å²) in [4.78, 5) is 6.94. The van der Waals surface area contributed by atoms with Gasteiger partial charge in [0.25, 0.3) is 0 Å². The molecule has 2 aliphatic heterocycles. The fourth-order valence-electron chi connectivity index (χ4n) is 3.51. The van der Waals surface area contributed by atoms with E-state index in [1.54, 1.807) is 11.8 Å². The molecule has 2 heterocycles. The van der Waals surface area contributed by atoms with Crippen molar-refractivity contribution in [2.24, 2.45) is 4.99 Å². The average molecular weight is 421 g/mol. The number of rotatable bonds is 4. The van der Waals surface area contributed by atoms with Crippen molar-refractivity contribution in [3.63, 3.8) is 0 Å². The molecule has 0 aromatic heterocycles. The Morgan fingerprint density at radius 1 is 1.07 bits per heavy atom. The molecule has 0 amide bonds. The van der Waals surface area contributed by atoms with Gasteiger partial charge in [0.1, 0.15) is 0 Å². The Kier molecular flexibility index (Phi) is 5.23. The van der Waals surface area contributed by atoms with Crippen LogP contribution in [0.3, 0.4) is 0 Å². The van der Waals surface area contributed by atoms with Gasteiger partial charge in [-0.25, -0.2) is 8.42 Å². The lowest BCUT2D eigenvalue weighted by Gasteiger charge is -2.26. The summed E-state index contributed by atoms with van der Waals surface area (Å²) < 4.78 is 24.2. The van der Waals surface area contributed by atoms with Crippen molar-refractivity contribution in [3.8, 4) is 0 Å². The molecule has 0 aliphatic carbocycles. The summed E-state index contributed by atoms with van der Waals surface area (Å²) in [5.74, 6) is 1.16. The van der Waals surface area contributed by atoms with Crippen LogP contribution >= 0.6 is 23.4 Å². The lowest BCUT2D eigenvalue weighted by Crippen LogP contribution is -2.38. The van der Waals surface area contributed by atoms with Gasteiger partial charge in [-0.15, -0.1) is 0 Å². The van der Waals surface area contributed by atoms with Crippen molar-refractivity contribution in [3.05, 3.63) is 70.2 Å². The van der Waals surface area contributed by atoms with Crippen molar-refractivity contribution in [2.45, 2.75) is 31.3 Å². The van der Waals surface area contributed by atoms with Crippen LogP contribution in [0.15, 0.2) is 53.5 Å². The lowest BCUT2D eigenvalue weighted by molar-refractivity contribution is 0.343. The maximum absolute atomic E-state index is 12.1. The minimum atomic E-state index is -3.01. The van der Waals surface area contributed by atoms with E-state index >= 15 is 0 Å². The van der Waals surface area contributed by atoms with Crippen molar-refractivity contribution in [1.82, 2.24) is 4.90 Å². The fourth-order valence-corrected chi connectivity index (χ4v) is 6.58. The molecule has 142 valence electrons. The van der Waals surface area contributed by atoms with Crippen molar-refractivity contribution in [1.29, 1.82) is 0 Å². The highest BCUT2D eigenvalue weighted by Gasteiger charge is 2.46. The number of hydrogen-bond acceptors (Lipinski definition) is 5. The van der Waals surface area contributed by atoms with E-state index in [0.717, 1.165) is 16.5 Å². The average Bonchev–Trinajstić information content (AvgIpc) is 3.09. The smallest absolute Gasteiger partial charge is 0.160 e. The van der Waals surface area contributed by atoms with Gasteiger partial charge in [-0.1, -0.05) is 65.3 Å². The highest BCUT2D eigenvalue weighted by molar-refractivity contribution is 8.13. The number of sulfone groups is 1. The van der Waals surface area contributed by atoms with Gasteiger partial charge < -0.3 is 4.90 Å². The number of hydrogen-bond donors (Lipinski definition) is 0. The normalized spacial score (nSPS) is 23.3. The molecule has 27 heavy (non-hydrogen) atoms. The van der Waals surface area contributed by atoms with E-state index in [1.807, 2.05) is 24.3 Å². The lowest BCUT2D eigenvalue weighted by atomic mass is 10.1. The van der Waals surface area contributed by atoms with Gasteiger partial charge >= 0.3 is 0 Å². The van der Waals surface area contributed by atoms with Crippen molar-refractivity contribution < 1.29 is 8.42 Å². The maximum Gasteiger partial charge on any atom is 0.160 e. The number of amidine groups is 1. The van der Waals surface area contributed by atoms with Gasteiger partial charge in [-0.2, -0.15) is 0 Å². The molecule has 1 saturated heterocycles. The maximum atomic E-state index is 12.1. The third kappa shape index (κ3) is 4.33. The van der Waals surface area contributed by atoms with E-state index in [4.69, 9.17) is 16.6 Å². The third-order valence-electron chi connectivity index (χ3n) is 4.97. The molecule has 2 atom stereocenters. The minimum absolute atomic E-state index is 0.0637. The van der Waals surface area contributed by atoms with Crippen LogP contribution in [-0.4, -0.2) is 42.1 Å². The second-order valence-corrected chi connectivity index (χ2v) is 10.7. The summed E-state index contributed by atoms with van der Waals surface area (Å²) in [6, 6.07) is 16.0. The number of fused-ring (bicyclic) bond motifs is 1. The number of halogens is 1. The number of aliphatic imine (C=N–C) groups is 1. The molecule has 2 aromatic rings. The van der Waals surface area contributed by atoms with E-state index in [-0.39, 0.29) is 23.6 Å². The fraction of sp³-hybridized carbons (Fsp3) is 0.350. The Hall–Kier alpha value is -1.50. The Balaban J connectivity index is 1.53. The predicted molar refractivity (Wildman–Crippen MR) is 113 cm³/mol. The zero-order valence-electron chi connectivity index (χ0n) is 15.0. The Bertz CT molecular complexity index is 956. The summed E-state index contributed by atoms with van der Waals surface area (Å²) in [6.07, 6.45) is 0. The molecule has 1 fully saturated rings. The zero-order chi connectivity index (χ0) is 19.0. The molecule has 0 N–H and O–H groups in total. The molecule has 7 heteroatoms. The second-order valence-electron chi connectivity index (χ2n) is 7.15. The van der Waals surface area contributed by atoms with E-state index in [0.29, 0.717) is 11.6 Å². The monoisotopic (exact) mass is 420 g/mol. The molecule has 0 spiro atoms. The molecule has 2 unspecified atom stereocenters. The molecule has 2 aliphatic rings. The molecular formula is C20H21ClN2O2S2. The van der Waals surface area contributed by atoms with E-state index in [9.17, 15) is 8.42 Å². The minimum Gasteiger partial charge on any atom is -0.341 e. The van der Waals surface area contributed by atoms with Crippen LogP contribution in [0.2, 0.25) is 5.02 Å². The van der Waals surface area contributed by atoms with Gasteiger partial charge in [0.2, 0.25) is 0 Å². The van der Waals surface area contributed by atoms with E-state index in [2.05, 4.69) is 36.1 Å². The van der Waals surface area contributed by atoms with E-state index in [1.165, 1.54) is 11.1 Å². The number of thioether (sulfide) groups is 1. The van der Waals surface area contributed by atoms with Crippen LogP contribution in [0.1, 0.15) is 16.7 Å². The van der Waals surface area contributed by atoms with Crippen LogP contribution in [0.5, 0.6) is 0 Å². The van der Waals surface area contributed by atoms with Crippen LogP contribution in [0.25, 0.3) is 0 Å². The van der Waals surface area contributed by atoms with Gasteiger partial charge in [-0.05, 0) is 30.2 Å². The van der Waals surface area contributed by atoms with Gasteiger partial charge in [0.05, 0.1) is 23.6 Å². The predicted octanol–water partition coefficient (Wildman–Crippen LogP) is 3.92. The zero-order valence-corrected chi connectivity index (χ0v) is 17.4. The summed E-state index contributed by atoms with van der Waals surface area (Å²) in [6.45, 7) is 2.72. The highest BCUT2D eigenvalue weighted by Crippen LogP contribution is 2.33. The van der Waals surface area contributed by atoms with Crippen LogP contribution in [0, 0.1) is 6.92 Å². The van der Waals surface area contributed by atoms with E-state index < -0.39 is 9.84 Å². The first kappa shape index (κ1) is 18.8. The molecule has 2 aromatic carbocycles. The Morgan fingerprint density at radius 3 is 2.44 bits per heavy atom. The standard InChI is InChI=1S/C20H21ClN2O2S2/c1-14-2-4-16(5-3-14)11-26-20-22-18-12-27(24,25)13-19(18)23(20)10-15-6-8-17(21)9-7-15/h2-9,18-19H,10-13H2,1H3. The molecule has 0 saturated carbocycles. The number of benzene rings is 2. The van der Waals surface area contributed by atoms with Crippen molar-refractivity contribution in [2.75, 3.05) is 11.5 Å². The summed E-state index contributed by atoms with van der Waals surface area (Å²) in [5.41, 5.74) is 3.59. The topological polar surface area (TPSA) is 49.7 Å².